The first-order valence-electron chi connectivity index (χ1n) is 36.9. The number of hydrogen-bond acceptors (Lipinski definition) is 5. The largest absolute Gasteiger partial charge is 0.394 e. The van der Waals surface area contributed by atoms with E-state index in [-0.39, 0.29) is 0 Å². The lowest BCUT2D eigenvalue weighted by Crippen LogP contribution is -2.53. The first-order chi connectivity index (χ1) is 39.0. The number of aliphatic hydroxyl groups is 4. The van der Waals surface area contributed by atoms with Gasteiger partial charge in [0, 0.05) is 0 Å². The highest BCUT2D eigenvalue weighted by Crippen LogP contribution is 2.21. The SMILES string of the molecule is CCCCCCCCCCCCCCCCCCCCCCCCCCCCCCCCCCCCCCCCC(O)C(=O)NC(CO)C(O)C(O)CCCCCCCCCCCCCCCCCCCCCCCCCCC. The molecule has 4 atom stereocenters. The van der Waals surface area contributed by atoms with Gasteiger partial charge in [0.2, 0.25) is 5.91 Å². The lowest BCUT2D eigenvalue weighted by Gasteiger charge is -2.27. The Kier molecular flexibility index (Phi) is 67.5. The highest BCUT2D eigenvalue weighted by Gasteiger charge is 2.28. The molecule has 6 heteroatoms. The van der Waals surface area contributed by atoms with Crippen molar-refractivity contribution < 1.29 is 25.2 Å². The van der Waals surface area contributed by atoms with E-state index < -0.39 is 36.9 Å². The van der Waals surface area contributed by atoms with Crippen LogP contribution in [0.25, 0.3) is 0 Å². The maximum absolute atomic E-state index is 12.7. The van der Waals surface area contributed by atoms with E-state index in [1.807, 2.05) is 0 Å². The number of rotatable bonds is 70. The minimum absolute atomic E-state index is 0.377. The summed E-state index contributed by atoms with van der Waals surface area (Å²) in [5.74, 6) is -0.572. The van der Waals surface area contributed by atoms with Crippen molar-refractivity contribution in [3.8, 4) is 0 Å². The first-order valence-corrected chi connectivity index (χ1v) is 36.9. The van der Waals surface area contributed by atoms with Crippen LogP contribution in [0.3, 0.4) is 0 Å². The van der Waals surface area contributed by atoms with Crippen LogP contribution in [0.4, 0.5) is 0 Å². The maximum Gasteiger partial charge on any atom is 0.249 e. The molecule has 0 saturated heterocycles. The fraction of sp³-hybridized carbons (Fsp3) is 0.986. The lowest BCUT2D eigenvalue weighted by atomic mass is 9.99. The van der Waals surface area contributed by atoms with Crippen molar-refractivity contribution in [1.29, 1.82) is 0 Å². The van der Waals surface area contributed by atoms with Crippen LogP contribution in [0.5, 0.6) is 0 Å². The summed E-state index contributed by atoms with van der Waals surface area (Å²) in [7, 11) is 0. The van der Waals surface area contributed by atoms with E-state index in [0.717, 1.165) is 38.5 Å². The van der Waals surface area contributed by atoms with Crippen molar-refractivity contribution in [2.45, 2.75) is 456 Å². The molecule has 4 unspecified atom stereocenters. The van der Waals surface area contributed by atoms with Crippen molar-refractivity contribution >= 4 is 5.91 Å². The van der Waals surface area contributed by atoms with Gasteiger partial charge in [-0.1, -0.05) is 418 Å². The molecule has 1 amide bonds. The Morgan fingerprint density at radius 3 is 0.608 bits per heavy atom. The van der Waals surface area contributed by atoms with Gasteiger partial charge in [-0.05, 0) is 12.8 Å². The van der Waals surface area contributed by atoms with Gasteiger partial charge in [0.25, 0.3) is 0 Å². The maximum atomic E-state index is 12.7. The van der Waals surface area contributed by atoms with Crippen molar-refractivity contribution in [1.82, 2.24) is 5.32 Å². The molecule has 0 aromatic carbocycles. The molecule has 0 heterocycles. The van der Waals surface area contributed by atoms with Crippen LogP contribution in [0.15, 0.2) is 0 Å². The Bertz CT molecular complexity index is 1120. The summed E-state index contributed by atoms with van der Waals surface area (Å²) in [5, 5.41) is 44.3. The molecule has 0 aliphatic rings. The first kappa shape index (κ1) is 78.3. The minimum atomic E-state index is -1.26. The third-order valence-electron chi connectivity index (χ3n) is 18.1. The zero-order valence-electron chi connectivity index (χ0n) is 54.2. The molecule has 0 aliphatic carbocycles. The van der Waals surface area contributed by atoms with Gasteiger partial charge in [0.1, 0.15) is 12.2 Å². The topological polar surface area (TPSA) is 110 Å². The van der Waals surface area contributed by atoms with Crippen molar-refractivity contribution in [3.05, 3.63) is 0 Å². The summed E-state index contributed by atoms with van der Waals surface area (Å²) in [6, 6.07) is -0.982. The van der Waals surface area contributed by atoms with Gasteiger partial charge in [0.05, 0.1) is 18.8 Å². The normalized spacial score (nSPS) is 13.3. The Balaban J connectivity index is 3.47. The van der Waals surface area contributed by atoms with E-state index in [1.165, 1.54) is 366 Å². The van der Waals surface area contributed by atoms with Gasteiger partial charge in [-0.15, -0.1) is 0 Å². The molecule has 0 bridgehead atoms. The third-order valence-corrected chi connectivity index (χ3v) is 18.1. The van der Waals surface area contributed by atoms with Crippen LogP contribution < -0.4 is 5.32 Å². The van der Waals surface area contributed by atoms with Gasteiger partial charge >= 0.3 is 0 Å². The fourth-order valence-corrected chi connectivity index (χ4v) is 12.4. The molecular formula is C73H147NO5. The molecular weight excluding hydrogens is 971 g/mol. The van der Waals surface area contributed by atoms with Crippen molar-refractivity contribution in [3.63, 3.8) is 0 Å². The summed E-state index contributed by atoms with van der Waals surface area (Å²) in [6.07, 6.45) is 84.0. The fourth-order valence-electron chi connectivity index (χ4n) is 12.4. The van der Waals surface area contributed by atoms with Crippen LogP contribution in [-0.2, 0) is 4.79 Å². The molecule has 0 fully saturated rings. The second kappa shape index (κ2) is 68.1. The number of aliphatic hydroxyl groups excluding tert-OH is 4. The van der Waals surface area contributed by atoms with Crippen molar-refractivity contribution in [2.24, 2.45) is 0 Å². The van der Waals surface area contributed by atoms with E-state index in [0.29, 0.717) is 12.8 Å². The lowest BCUT2D eigenvalue weighted by molar-refractivity contribution is -0.132. The zero-order valence-corrected chi connectivity index (χ0v) is 54.2. The Morgan fingerprint density at radius 2 is 0.430 bits per heavy atom. The van der Waals surface area contributed by atoms with Gasteiger partial charge < -0.3 is 25.7 Å². The quantitative estimate of drug-likeness (QED) is 0.0390. The molecule has 0 aliphatic heterocycles. The molecule has 0 rings (SSSR count). The van der Waals surface area contributed by atoms with E-state index in [9.17, 15) is 25.2 Å². The van der Waals surface area contributed by atoms with E-state index in [1.54, 1.807) is 0 Å². The predicted molar refractivity (Wildman–Crippen MR) is 348 cm³/mol. The zero-order chi connectivity index (χ0) is 57.3. The Morgan fingerprint density at radius 1 is 0.266 bits per heavy atom. The smallest absolute Gasteiger partial charge is 0.249 e. The molecule has 0 aromatic heterocycles. The summed E-state index contributed by atoms with van der Waals surface area (Å²) in [5.41, 5.74) is 0. The Labute approximate surface area is 496 Å². The highest BCUT2D eigenvalue weighted by atomic mass is 16.3. The van der Waals surface area contributed by atoms with Crippen LogP contribution in [0, 0.1) is 0 Å². The van der Waals surface area contributed by atoms with E-state index >= 15 is 0 Å². The molecule has 0 saturated carbocycles. The second-order valence-corrected chi connectivity index (χ2v) is 26.0. The van der Waals surface area contributed by atoms with Crippen LogP contribution in [-0.4, -0.2) is 57.3 Å². The van der Waals surface area contributed by atoms with Crippen molar-refractivity contribution in [2.75, 3.05) is 6.61 Å². The van der Waals surface area contributed by atoms with Crippen LogP contribution >= 0.6 is 0 Å². The van der Waals surface area contributed by atoms with Crippen LogP contribution in [0.2, 0.25) is 0 Å². The highest BCUT2D eigenvalue weighted by molar-refractivity contribution is 5.80. The summed E-state index contributed by atoms with van der Waals surface area (Å²) >= 11 is 0. The van der Waals surface area contributed by atoms with Crippen LogP contribution in [0.1, 0.15) is 431 Å². The molecule has 474 valence electrons. The number of nitrogens with one attached hydrogen (secondary N) is 1. The minimum Gasteiger partial charge on any atom is -0.394 e. The molecule has 5 N–H and O–H groups in total. The Hall–Kier alpha value is -0.690. The van der Waals surface area contributed by atoms with Gasteiger partial charge in [-0.2, -0.15) is 0 Å². The molecule has 79 heavy (non-hydrogen) atoms. The number of unbranched alkanes of at least 4 members (excludes halogenated alkanes) is 61. The number of carbonyl (C=O) groups excluding carboxylic acids is 1. The molecule has 0 radical (unpaired) electrons. The number of amides is 1. The third kappa shape index (κ3) is 61.7. The standard InChI is InChI=1S/C73H147NO5/c1-3-5-7-9-11-13-15-17-19-21-23-25-27-29-30-31-32-33-34-35-36-37-38-39-40-41-43-45-47-49-51-53-55-57-59-61-63-65-67-71(77)73(79)74-69(68-75)72(78)70(76)66-64-62-60-58-56-54-52-50-48-46-44-42-28-26-24-22-20-18-16-14-12-10-8-6-4-2/h69-72,75-78H,3-68H2,1-2H3,(H,74,79). The summed E-state index contributed by atoms with van der Waals surface area (Å²) in [4.78, 5) is 12.7. The monoisotopic (exact) mass is 1120 g/mol. The number of hydrogen-bond donors (Lipinski definition) is 5. The second-order valence-electron chi connectivity index (χ2n) is 26.0. The van der Waals surface area contributed by atoms with E-state index in [2.05, 4.69) is 19.2 Å². The number of carbonyl (C=O) groups is 1. The summed E-state index contributed by atoms with van der Waals surface area (Å²) < 4.78 is 0. The average Bonchev–Trinajstić information content (AvgIpc) is 3.45. The summed E-state index contributed by atoms with van der Waals surface area (Å²) in [6.45, 7) is 4.12. The molecule has 0 spiro atoms. The van der Waals surface area contributed by atoms with Gasteiger partial charge in [-0.25, -0.2) is 0 Å². The molecule has 6 nitrogen and oxygen atoms in total. The van der Waals surface area contributed by atoms with Gasteiger partial charge in [0.15, 0.2) is 0 Å². The van der Waals surface area contributed by atoms with Gasteiger partial charge in [-0.3, -0.25) is 4.79 Å². The predicted octanol–water partition coefficient (Wildman–Crippen LogP) is 22.9. The molecule has 0 aromatic rings. The average molecular weight is 1120 g/mol. The van der Waals surface area contributed by atoms with E-state index in [4.69, 9.17) is 0 Å².